The summed E-state index contributed by atoms with van der Waals surface area (Å²) in [5, 5.41) is 23.0. The van der Waals surface area contributed by atoms with Crippen LogP contribution in [0.2, 0.25) is 0 Å². The predicted octanol–water partition coefficient (Wildman–Crippen LogP) is 2.94. The van der Waals surface area contributed by atoms with E-state index in [1.807, 2.05) is 12.1 Å². The molecule has 0 amide bonds. The van der Waals surface area contributed by atoms with E-state index in [0.29, 0.717) is 12.2 Å². The van der Waals surface area contributed by atoms with E-state index >= 15 is 0 Å². The summed E-state index contributed by atoms with van der Waals surface area (Å²) in [7, 11) is 0. The van der Waals surface area contributed by atoms with Gasteiger partial charge in [-0.25, -0.2) is 0 Å². The Labute approximate surface area is 157 Å². The molecule has 0 radical (unpaired) electrons. The fraction of sp³-hybridized carbons (Fsp3) is 0.588. The van der Waals surface area contributed by atoms with Crippen LogP contribution in [-0.4, -0.2) is 49.3 Å². The number of benzene rings is 1. The van der Waals surface area contributed by atoms with Gasteiger partial charge in [-0.3, -0.25) is 4.90 Å². The molecule has 0 spiro atoms. The van der Waals surface area contributed by atoms with Crippen molar-refractivity contribution >= 4 is 30.5 Å². The second-order valence-electron chi connectivity index (χ2n) is 5.58. The Morgan fingerprint density at radius 1 is 1.25 bits per heavy atom. The van der Waals surface area contributed by atoms with E-state index in [0.717, 1.165) is 50.5 Å². The molecule has 1 aromatic carbocycles. The van der Waals surface area contributed by atoms with Crippen molar-refractivity contribution in [3.63, 3.8) is 0 Å². The van der Waals surface area contributed by atoms with E-state index < -0.39 is 0 Å². The van der Waals surface area contributed by atoms with Gasteiger partial charge < -0.3 is 15.3 Å². The van der Waals surface area contributed by atoms with Gasteiger partial charge in [0.15, 0.2) is 0 Å². The van der Waals surface area contributed by atoms with Gasteiger partial charge in [0.1, 0.15) is 5.75 Å². The number of halogens is 2. The third kappa shape index (κ3) is 5.42. The van der Waals surface area contributed by atoms with E-state index in [4.69, 9.17) is 5.26 Å². The number of hydrogen-bond acceptors (Lipinski definition) is 5. The van der Waals surface area contributed by atoms with E-state index in [2.05, 4.69) is 41.1 Å². The van der Waals surface area contributed by atoms with E-state index in [-0.39, 0.29) is 30.9 Å². The number of phenols is 1. The van der Waals surface area contributed by atoms with Crippen LogP contribution in [-0.2, 0) is 0 Å². The number of nitrogens with zero attached hydrogens (tertiary/aromatic N) is 3. The molecule has 24 heavy (non-hydrogen) atoms. The first-order chi connectivity index (χ1) is 10.7. The summed E-state index contributed by atoms with van der Waals surface area (Å²) in [6, 6.07) is 8.09. The number of nitrogens with one attached hydrogen (secondary N) is 1. The summed E-state index contributed by atoms with van der Waals surface area (Å²) in [5.41, 5.74) is 1.89. The van der Waals surface area contributed by atoms with Gasteiger partial charge in [-0.2, -0.15) is 5.26 Å². The average molecular weight is 375 g/mol. The number of aromatic hydroxyl groups is 1. The van der Waals surface area contributed by atoms with Crippen molar-refractivity contribution in [3.8, 4) is 11.8 Å². The fourth-order valence-corrected chi connectivity index (χ4v) is 3.12. The Morgan fingerprint density at radius 3 is 2.38 bits per heavy atom. The molecule has 2 rings (SSSR count). The summed E-state index contributed by atoms with van der Waals surface area (Å²) < 4.78 is 0. The zero-order valence-electron chi connectivity index (χ0n) is 14.4. The molecule has 5 nitrogen and oxygen atoms in total. The lowest BCUT2D eigenvalue weighted by molar-refractivity contribution is 0.173. The molecule has 7 heteroatoms. The SMILES string of the molecule is CCN(CC)c1ccc([C@H](CC#N)N2CCNCC2)c(O)c1.Cl.Cl. The minimum Gasteiger partial charge on any atom is -0.508 e. The molecule has 1 atom stereocenters. The summed E-state index contributed by atoms with van der Waals surface area (Å²) in [4.78, 5) is 4.49. The predicted molar refractivity (Wildman–Crippen MR) is 104 cm³/mol. The number of phenolic OH excluding ortho intramolecular Hbond substituents is 1. The Hall–Kier alpha value is -1.19. The first-order valence-corrected chi connectivity index (χ1v) is 8.10. The molecule has 136 valence electrons. The maximum Gasteiger partial charge on any atom is 0.122 e. The monoisotopic (exact) mass is 374 g/mol. The lowest BCUT2D eigenvalue weighted by Gasteiger charge is -2.34. The van der Waals surface area contributed by atoms with Crippen LogP contribution < -0.4 is 10.2 Å². The lowest BCUT2D eigenvalue weighted by Crippen LogP contribution is -2.45. The minimum atomic E-state index is -0.0298. The van der Waals surface area contributed by atoms with Gasteiger partial charge in [-0.05, 0) is 19.9 Å². The van der Waals surface area contributed by atoms with Crippen LogP contribution in [0.25, 0.3) is 0 Å². The first-order valence-electron chi connectivity index (χ1n) is 8.10. The van der Waals surface area contributed by atoms with E-state index in [1.54, 1.807) is 0 Å². The Bertz CT molecular complexity index is 526. The number of rotatable bonds is 6. The first kappa shape index (κ1) is 22.8. The summed E-state index contributed by atoms with van der Waals surface area (Å²) >= 11 is 0. The van der Waals surface area contributed by atoms with Crippen LogP contribution in [0, 0.1) is 11.3 Å². The average Bonchev–Trinajstić information content (AvgIpc) is 2.55. The Kier molecular flexibility index (Phi) is 10.8. The van der Waals surface area contributed by atoms with Gasteiger partial charge in [-0.15, -0.1) is 24.8 Å². The second kappa shape index (κ2) is 11.4. The summed E-state index contributed by atoms with van der Waals surface area (Å²) in [6.45, 7) is 9.71. The van der Waals surface area contributed by atoms with Crippen molar-refractivity contribution < 1.29 is 5.11 Å². The van der Waals surface area contributed by atoms with Gasteiger partial charge in [-0.1, -0.05) is 6.07 Å². The molecule has 0 aromatic heterocycles. The molecule has 0 unspecified atom stereocenters. The van der Waals surface area contributed by atoms with Crippen molar-refractivity contribution in [2.45, 2.75) is 26.3 Å². The van der Waals surface area contributed by atoms with Crippen molar-refractivity contribution in [1.82, 2.24) is 10.2 Å². The molecule has 0 aliphatic carbocycles. The van der Waals surface area contributed by atoms with Crippen molar-refractivity contribution in [2.75, 3.05) is 44.2 Å². The number of piperazine rings is 1. The van der Waals surface area contributed by atoms with Crippen molar-refractivity contribution in [2.24, 2.45) is 0 Å². The molecule has 0 bridgehead atoms. The van der Waals surface area contributed by atoms with Gasteiger partial charge in [0.2, 0.25) is 0 Å². The van der Waals surface area contributed by atoms with Gasteiger partial charge in [0.25, 0.3) is 0 Å². The molecule has 2 N–H and O–H groups in total. The number of hydrogen-bond donors (Lipinski definition) is 2. The zero-order chi connectivity index (χ0) is 15.9. The molecule has 1 aromatic rings. The Morgan fingerprint density at radius 2 is 1.88 bits per heavy atom. The highest BCUT2D eigenvalue weighted by Gasteiger charge is 2.24. The lowest BCUT2D eigenvalue weighted by atomic mass is 10.00. The van der Waals surface area contributed by atoms with Crippen molar-refractivity contribution in [3.05, 3.63) is 23.8 Å². The second-order valence-corrected chi connectivity index (χ2v) is 5.58. The summed E-state index contributed by atoms with van der Waals surface area (Å²) in [6.07, 6.45) is 0.401. The van der Waals surface area contributed by atoms with Gasteiger partial charge in [0.05, 0.1) is 18.5 Å². The molecular weight excluding hydrogens is 347 g/mol. The van der Waals surface area contributed by atoms with Crippen LogP contribution in [0.1, 0.15) is 31.9 Å². The quantitative estimate of drug-likeness (QED) is 0.801. The highest BCUT2D eigenvalue weighted by atomic mass is 35.5. The fourth-order valence-electron chi connectivity index (χ4n) is 3.12. The molecule has 1 aliphatic heterocycles. The molecule has 1 saturated heterocycles. The van der Waals surface area contributed by atoms with Gasteiger partial charge in [0, 0.05) is 56.6 Å². The maximum atomic E-state index is 10.5. The number of anilines is 1. The normalized spacial score (nSPS) is 15.5. The highest BCUT2D eigenvalue weighted by Crippen LogP contribution is 2.34. The summed E-state index contributed by atoms with van der Waals surface area (Å²) in [5.74, 6) is 0.295. The Balaban J connectivity index is 0.00000264. The van der Waals surface area contributed by atoms with Crippen LogP contribution in [0.4, 0.5) is 5.69 Å². The smallest absolute Gasteiger partial charge is 0.122 e. The zero-order valence-corrected chi connectivity index (χ0v) is 16.0. The standard InChI is InChI=1S/C17H26N4O.2ClH/c1-3-20(4-2)14-5-6-15(17(22)13-14)16(7-8-18)21-11-9-19-10-12-21;;/h5-6,13,16,19,22H,3-4,7,9-12H2,1-2H3;2*1H/t16-;;/m0../s1. The van der Waals surface area contributed by atoms with E-state index in [9.17, 15) is 5.11 Å². The van der Waals surface area contributed by atoms with Crippen molar-refractivity contribution in [1.29, 1.82) is 5.26 Å². The molecule has 1 aliphatic rings. The molecular formula is C17H28Cl2N4O. The van der Waals surface area contributed by atoms with Crippen LogP contribution >= 0.6 is 24.8 Å². The van der Waals surface area contributed by atoms with Gasteiger partial charge >= 0.3 is 0 Å². The molecule has 1 fully saturated rings. The number of nitriles is 1. The molecule has 1 heterocycles. The third-order valence-electron chi connectivity index (χ3n) is 4.38. The topological polar surface area (TPSA) is 62.5 Å². The van der Waals surface area contributed by atoms with Crippen LogP contribution in [0.5, 0.6) is 5.75 Å². The minimum absolute atomic E-state index is 0. The van der Waals surface area contributed by atoms with Crippen LogP contribution in [0.3, 0.4) is 0 Å². The molecule has 0 saturated carbocycles. The maximum absolute atomic E-state index is 10.5. The largest absolute Gasteiger partial charge is 0.508 e. The van der Waals surface area contributed by atoms with Crippen LogP contribution in [0.15, 0.2) is 18.2 Å². The third-order valence-corrected chi connectivity index (χ3v) is 4.38. The highest BCUT2D eigenvalue weighted by molar-refractivity contribution is 5.85. The van der Waals surface area contributed by atoms with E-state index in [1.165, 1.54) is 0 Å².